The van der Waals surface area contributed by atoms with Crippen LogP contribution in [0.5, 0.6) is 0 Å². The maximum atomic E-state index is 7.16. The van der Waals surface area contributed by atoms with E-state index in [0.717, 1.165) is 13.2 Å². The lowest BCUT2D eigenvalue weighted by Crippen LogP contribution is -2.60. The van der Waals surface area contributed by atoms with Crippen LogP contribution in [0.4, 0.5) is 0 Å². The number of nitrogens with zero attached hydrogens (tertiary/aromatic N) is 1. The van der Waals surface area contributed by atoms with Crippen molar-refractivity contribution in [1.29, 1.82) is 0 Å². The predicted octanol–water partition coefficient (Wildman–Crippen LogP) is 10.6. The first kappa shape index (κ1) is 34.1. The van der Waals surface area contributed by atoms with E-state index in [1.165, 1.54) is 141 Å². The van der Waals surface area contributed by atoms with Crippen molar-refractivity contribution in [3.8, 4) is 0 Å². The zero-order valence-electron chi connectivity index (χ0n) is 27.0. The van der Waals surface area contributed by atoms with Gasteiger partial charge >= 0.3 is 0 Å². The first-order valence-corrected chi connectivity index (χ1v) is 17.5. The van der Waals surface area contributed by atoms with Gasteiger partial charge in [0.05, 0.1) is 24.4 Å². The van der Waals surface area contributed by atoms with E-state index in [4.69, 9.17) is 9.47 Å². The van der Waals surface area contributed by atoms with E-state index < -0.39 is 0 Å². The van der Waals surface area contributed by atoms with Crippen molar-refractivity contribution in [2.24, 2.45) is 0 Å². The summed E-state index contributed by atoms with van der Waals surface area (Å²) in [6.07, 6.45) is 29.6. The molecular formula is C35H69NO2. The van der Waals surface area contributed by atoms with Gasteiger partial charge in [0, 0.05) is 18.1 Å². The smallest absolute Gasteiger partial charge is 0.0992 e. The lowest BCUT2D eigenvalue weighted by molar-refractivity contribution is -0.174. The molecule has 1 saturated heterocycles. The summed E-state index contributed by atoms with van der Waals surface area (Å²) in [5.74, 6) is 0. The number of fused-ring (bicyclic) bond motifs is 1. The zero-order chi connectivity index (χ0) is 27.7. The SMILES string of the molecule is CCCCCCCC(C)(CCCCC)OC1CCC2C1OCCN2C(C)(CCCCCC)CCCCCC. The van der Waals surface area contributed by atoms with Crippen LogP contribution in [0.25, 0.3) is 0 Å². The van der Waals surface area contributed by atoms with Crippen molar-refractivity contribution in [2.75, 3.05) is 13.2 Å². The topological polar surface area (TPSA) is 21.7 Å². The number of morpholine rings is 1. The van der Waals surface area contributed by atoms with Gasteiger partial charge in [-0.15, -0.1) is 0 Å². The number of hydrogen-bond donors (Lipinski definition) is 0. The molecular weight excluding hydrogens is 466 g/mol. The molecule has 0 radical (unpaired) electrons. The number of unbranched alkanes of at least 4 members (excludes halogenated alkanes) is 12. The van der Waals surface area contributed by atoms with Gasteiger partial charge in [-0.05, 0) is 52.4 Å². The van der Waals surface area contributed by atoms with Gasteiger partial charge in [-0.1, -0.05) is 130 Å². The average Bonchev–Trinajstić information content (AvgIpc) is 3.31. The van der Waals surface area contributed by atoms with Gasteiger partial charge in [-0.2, -0.15) is 0 Å². The number of rotatable bonds is 23. The van der Waals surface area contributed by atoms with Crippen molar-refractivity contribution in [1.82, 2.24) is 4.90 Å². The van der Waals surface area contributed by atoms with E-state index in [2.05, 4.69) is 46.4 Å². The second-order valence-corrected chi connectivity index (χ2v) is 13.5. The van der Waals surface area contributed by atoms with Gasteiger partial charge < -0.3 is 9.47 Å². The quantitative estimate of drug-likeness (QED) is 0.121. The Balaban J connectivity index is 2.06. The predicted molar refractivity (Wildman–Crippen MR) is 166 cm³/mol. The van der Waals surface area contributed by atoms with Crippen LogP contribution in [-0.2, 0) is 9.47 Å². The molecule has 38 heavy (non-hydrogen) atoms. The molecule has 3 nitrogen and oxygen atoms in total. The van der Waals surface area contributed by atoms with Gasteiger partial charge in [-0.25, -0.2) is 0 Å². The van der Waals surface area contributed by atoms with Gasteiger partial charge in [-0.3, -0.25) is 4.90 Å². The van der Waals surface area contributed by atoms with Crippen LogP contribution in [0, 0.1) is 0 Å². The van der Waals surface area contributed by atoms with E-state index in [9.17, 15) is 0 Å². The van der Waals surface area contributed by atoms with Gasteiger partial charge in [0.1, 0.15) is 0 Å². The van der Waals surface area contributed by atoms with Crippen molar-refractivity contribution in [2.45, 2.75) is 212 Å². The highest BCUT2D eigenvalue weighted by Crippen LogP contribution is 2.42. The van der Waals surface area contributed by atoms with Crippen LogP contribution in [0.15, 0.2) is 0 Å². The summed E-state index contributed by atoms with van der Waals surface area (Å²) in [5, 5.41) is 0. The van der Waals surface area contributed by atoms with Crippen LogP contribution in [-0.4, -0.2) is 47.4 Å². The molecule has 0 bridgehead atoms. The summed E-state index contributed by atoms with van der Waals surface area (Å²) in [7, 11) is 0. The number of hydrogen-bond acceptors (Lipinski definition) is 3. The first-order chi connectivity index (χ1) is 18.4. The van der Waals surface area contributed by atoms with E-state index in [1.54, 1.807) is 0 Å². The Morgan fingerprint density at radius 3 is 1.68 bits per heavy atom. The molecule has 4 atom stereocenters. The molecule has 0 amide bonds. The summed E-state index contributed by atoms with van der Waals surface area (Å²) in [4.78, 5) is 2.93. The summed E-state index contributed by atoms with van der Waals surface area (Å²) >= 11 is 0. The van der Waals surface area contributed by atoms with E-state index in [1.807, 2.05) is 0 Å². The Morgan fingerprint density at radius 1 is 0.632 bits per heavy atom. The van der Waals surface area contributed by atoms with Crippen molar-refractivity contribution in [3.63, 3.8) is 0 Å². The molecule has 1 heterocycles. The molecule has 3 heteroatoms. The Labute approximate surface area is 239 Å². The molecule has 0 aromatic heterocycles. The van der Waals surface area contributed by atoms with E-state index in [-0.39, 0.29) is 17.8 Å². The lowest BCUT2D eigenvalue weighted by atomic mass is 9.84. The third kappa shape index (κ3) is 11.4. The molecule has 4 unspecified atom stereocenters. The molecule has 1 saturated carbocycles. The van der Waals surface area contributed by atoms with Crippen LogP contribution in [0.2, 0.25) is 0 Å². The number of ether oxygens (including phenoxy) is 2. The maximum absolute atomic E-state index is 7.16. The van der Waals surface area contributed by atoms with Gasteiger partial charge in [0.15, 0.2) is 0 Å². The fourth-order valence-electron chi connectivity index (χ4n) is 7.45. The minimum absolute atomic E-state index is 0.0101. The first-order valence-electron chi connectivity index (χ1n) is 17.5. The summed E-state index contributed by atoms with van der Waals surface area (Å²) in [5.41, 5.74) is 0.322. The Bertz CT molecular complexity index is 568. The van der Waals surface area contributed by atoms with E-state index in [0.29, 0.717) is 11.6 Å². The molecule has 1 aliphatic carbocycles. The normalized spacial score (nSPS) is 24.0. The Hall–Kier alpha value is -0.120. The van der Waals surface area contributed by atoms with E-state index >= 15 is 0 Å². The molecule has 0 spiro atoms. The molecule has 0 aromatic carbocycles. The highest BCUT2D eigenvalue weighted by Gasteiger charge is 2.49. The molecule has 2 aliphatic rings. The average molecular weight is 536 g/mol. The second-order valence-electron chi connectivity index (χ2n) is 13.5. The summed E-state index contributed by atoms with van der Waals surface area (Å²) < 4.78 is 13.7. The highest BCUT2D eigenvalue weighted by molar-refractivity contribution is 5.02. The second kappa shape index (κ2) is 19.1. The van der Waals surface area contributed by atoms with Gasteiger partial charge in [0.25, 0.3) is 0 Å². The summed E-state index contributed by atoms with van der Waals surface area (Å²) in [6, 6.07) is 0.542. The van der Waals surface area contributed by atoms with Crippen molar-refractivity contribution < 1.29 is 9.47 Å². The summed E-state index contributed by atoms with van der Waals surface area (Å²) in [6.45, 7) is 16.3. The molecule has 0 aromatic rings. The molecule has 1 aliphatic heterocycles. The third-order valence-electron chi connectivity index (χ3n) is 9.92. The Morgan fingerprint density at radius 2 is 1.11 bits per heavy atom. The highest BCUT2D eigenvalue weighted by atomic mass is 16.6. The fourth-order valence-corrected chi connectivity index (χ4v) is 7.45. The molecule has 2 fully saturated rings. The van der Waals surface area contributed by atoms with Gasteiger partial charge in [0.2, 0.25) is 0 Å². The van der Waals surface area contributed by atoms with Crippen molar-refractivity contribution >= 4 is 0 Å². The minimum atomic E-state index is 0.0101. The Kier molecular flexibility index (Phi) is 17.1. The van der Waals surface area contributed by atoms with Crippen LogP contribution in [0.3, 0.4) is 0 Å². The monoisotopic (exact) mass is 536 g/mol. The molecule has 2 rings (SSSR count). The molecule has 0 N–H and O–H groups in total. The van der Waals surface area contributed by atoms with Crippen LogP contribution < -0.4 is 0 Å². The zero-order valence-corrected chi connectivity index (χ0v) is 27.0. The van der Waals surface area contributed by atoms with Crippen LogP contribution in [0.1, 0.15) is 183 Å². The standard InChI is InChI=1S/C35H69NO2/c1-7-11-15-18-22-28-35(6,27-19-14-10-4)38-32-24-23-31-33(32)37-30-29-36(31)34(5,25-20-16-12-8-2)26-21-17-13-9-3/h31-33H,7-30H2,1-6H3. The fraction of sp³-hybridized carbons (Fsp3) is 1.00. The molecule has 226 valence electrons. The maximum Gasteiger partial charge on any atom is 0.0992 e. The van der Waals surface area contributed by atoms with Crippen molar-refractivity contribution in [3.05, 3.63) is 0 Å². The minimum Gasteiger partial charge on any atom is -0.373 e. The lowest BCUT2D eigenvalue weighted by Gasteiger charge is -2.50. The van der Waals surface area contributed by atoms with Crippen LogP contribution >= 0.6 is 0 Å². The third-order valence-corrected chi connectivity index (χ3v) is 9.92. The largest absolute Gasteiger partial charge is 0.373 e.